The van der Waals surface area contributed by atoms with Crippen molar-refractivity contribution < 1.29 is 22.7 Å². The van der Waals surface area contributed by atoms with Crippen molar-refractivity contribution in [2.75, 3.05) is 26.3 Å². The lowest BCUT2D eigenvalue weighted by atomic mass is 10.0. The summed E-state index contributed by atoms with van der Waals surface area (Å²) in [6.07, 6.45) is 2.90. The van der Waals surface area contributed by atoms with Gasteiger partial charge in [0.2, 0.25) is 5.91 Å². The summed E-state index contributed by atoms with van der Waals surface area (Å²) in [6.45, 7) is 1.79. The maximum atomic E-state index is 13.7. The van der Waals surface area contributed by atoms with Gasteiger partial charge in [0.25, 0.3) is 0 Å². The van der Waals surface area contributed by atoms with Gasteiger partial charge >= 0.3 is 6.03 Å². The Morgan fingerprint density at radius 3 is 2.12 bits per heavy atom. The van der Waals surface area contributed by atoms with Gasteiger partial charge in [-0.15, -0.1) is 0 Å². The summed E-state index contributed by atoms with van der Waals surface area (Å²) >= 11 is 3.32. The highest BCUT2D eigenvalue weighted by Crippen LogP contribution is 2.17. The van der Waals surface area contributed by atoms with Crippen LogP contribution in [0.5, 0.6) is 0 Å². The minimum Gasteiger partial charge on any atom is -0.378 e. The molecule has 2 N–H and O–H groups in total. The quantitative estimate of drug-likeness (QED) is 0.321. The number of morpholine rings is 1. The maximum Gasteiger partial charge on any atom is 0.318 e. The van der Waals surface area contributed by atoms with Crippen molar-refractivity contribution >= 4 is 37.7 Å². The third kappa shape index (κ3) is 9.55. The number of carbonyl (C=O) groups excluding carboxylic acids is 2. The van der Waals surface area contributed by atoms with Crippen LogP contribution in [0.15, 0.2) is 106 Å². The Morgan fingerprint density at radius 2 is 1.49 bits per heavy atom. The van der Waals surface area contributed by atoms with Gasteiger partial charge in [0.1, 0.15) is 6.04 Å². The second-order valence-corrected chi connectivity index (χ2v) is 12.5. The highest BCUT2D eigenvalue weighted by molar-refractivity contribution is 9.10. The van der Waals surface area contributed by atoms with E-state index in [2.05, 4.69) is 26.6 Å². The molecule has 0 saturated carbocycles. The predicted molar refractivity (Wildman–Crippen MR) is 162 cm³/mol. The molecular formula is C31H34BrN3O5S. The molecule has 0 spiro atoms. The topological polar surface area (TPSA) is 105 Å². The molecule has 0 aromatic heterocycles. The Morgan fingerprint density at radius 1 is 0.878 bits per heavy atom. The number of nitrogens with one attached hydrogen (secondary N) is 2. The van der Waals surface area contributed by atoms with E-state index in [0.717, 1.165) is 21.0 Å². The zero-order valence-corrected chi connectivity index (χ0v) is 25.0. The second-order valence-electron chi connectivity index (χ2n) is 9.76. The molecule has 1 aliphatic rings. The Labute approximate surface area is 249 Å². The number of amides is 3. The van der Waals surface area contributed by atoms with Gasteiger partial charge in [0.15, 0.2) is 9.84 Å². The van der Waals surface area contributed by atoms with E-state index in [1.165, 1.54) is 18.2 Å². The van der Waals surface area contributed by atoms with Crippen molar-refractivity contribution in [1.82, 2.24) is 15.5 Å². The number of nitrogens with zero attached hydrogens (tertiary/aromatic N) is 1. The molecule has 1 aliphatic heterocycles. The van der Waals surface area contributed by atoms with Crippen LogP contribution in [0.3, 0.4) is 0 Å². The fourth-order valence-corrected chi connectivity index (χ4v) is 5.77. The molecule has 10 heteroatoms. The van der Waals surface area contributed by atoms with E-state index < -0.39 is 21.9 Å². The first-order valence-electron chi connectivity index (χ1n) is 13.5. The van der Waals surface area contributed by atoms with E-state index in [4.69, 9.17) is 4.74 Å². The smallest absolute Gasteiger partial charge is 0.318 e. The highest BCUT2D eigenvalue weighted by Gasteiger charge is 2.26. The molecule has 2 atom stereocenters. The van der Waals surface area contributed by atoms with E-state index in [9.17, 15) is 18.0 Å². The number of rotatable bonds is 11. The zero-order valence-electron chi connectivity index (χ0n) is 22.6. The molecule has 1 saturated heterocycles. The number of urea groups is 1. The van der Waals surface area contributed by atoms with Crippen molar-refractivity contribution in [3.8, 4) is 0 Å². The Bertz CT molecular complexity index is 1410. The molecule has 41 heavy (non-hydrogen) atoms. The number of hydrogen-bond acceptors (Lipinski definition) is 5. The van der Waals surface area contributed by atoms with Crippen LogP contribution >= 0.6 is 15.9 Å². The van der Waals surface area contributed by atoms with E-state index >= 15 is 0 Å². The SMILES string of the molecule is O=C(N[C@H](C=CS(=O)(=O)c1ccc(Br)cc1)CCc1ccccc1)[C@H](Cc1ccccc1)NC(=O)N1CCOCC1. The van der Waals surface area contributed by atoms with Crippen LogP contribution < -0.4 is 10.6 Å². The van der Waals surface area contributed by atoms with Gasteiger partial charge in [0, 0.05) is 35.4 Å². The van der Waals surface area contributed by atoms with Crippen LogP contribution in [0.4, 0.5) is 4.79 Å². The summed E-state index contributed by atoms with van der Waals surface area (Å²) in [5.41, 5.74) is 1.96. The van der Waals surface area contributed by atoms with Crippen LogP contribution in [0.25, 0.3) is 0 Å². The highest BCUT2D eigenvalue weighted by atomic mass is 79.9. The summed E-state index contributed by atoms with van der Waals surface area (Å²) in [4.78, 5) is 28.5. The number of benzene rings is 3. The first-order chi connectivity index (χ1) is 19.8. The number of carbonyl (C=O) groups is 2. The number of hydrogen-bond donors (Lipinski definition) is 2. The van der Waals surface area contributed by atoms with Gasteiger partial charge in [-0.25, -0.2) is 13.2 Å². The van der Waals surface area contributed by atoms with Crippen LogP contribution in [-0.2, 0) is 32.2 Å². The van der Waals surface area contributed by atoms with E-state index in [1.54, 1.807) is 17.0 Å². The van der Waals surface area contributed by atoms with Gasteiger partial charge in [0.05, 0.1) is 18.1 Å². The van der Waals surface area contributed by atoms with Crippen molar-refractivity contribution in [3.63, 3.8) is 0 Å². The van der Waals surface area contributed by atoms with Crippen LogP contribution in [0.1, 0.15) is 17.5 Å². The molecule has 3 aromatic carbocycles. The standard InChI is InChI=1S/C31H34BrN3O5S/c32-26-12-15-28(16-13-26)41(38,39)22-17-27(14-11-24-7-3-1-4-8-24)33-30(36)29(23-25-9-5-2-6-10-25)34-31(37)35-18-20-40-21-19-35/h1-10,12-13,15-17,22,27,29H,11,14,18-21,23H2,(H,33,36)(H,34,37)/t27-,29-/m0/s1. The van der Waals surface area contributed by atoms with Gasteiger partial charge < -0.3 is 20.3 Å². The summed E-state index contributed by atoms with van der Waals surface area (Å²) in [5, 5.41) is 7.03. The average Bonchev–Trinajstić information content (AvgIpc) is 3.00. The van der Waals surface area contributed by atoms with Gasteiger partial charge in [-0.2, -0.15) is 0 Å². The largest absolute Gasteiger partial charge is 0.378 e. The fourth-order valence-electron chi connectivity index (χ4n) is 4.43. The molecule has 3 amide bonds. The lowest BCUT2D eigenvalue weighted by Crippen LogP contribution is -2.55. The lowest BCUT2D eigenvalue weighted by molar-refractivity contribution is -0.123. The minimum absolute atomic E-state index is 0.157. The van der Waals surface area contributed by atoms with Crippen molar-refractivity contribution in [3.05, 3.63) is 112 Å². The monoisotopic (exact) mass is 639 g/mol. The Balaban J connectivity index is 1.53. The van der Waals surface area contributed by atoms with Crippen LogP contribution in [0.2, 0.25) is 0 Å². The molecule has 3 aromatic rings. The normalized spacial score (nSPS) is 15.3. The van der Waals surface area contributed by atoms with Crippen molar-refractivity contribution in [2.45, 2.75) is 36.2 Å². The molecule has 1 heterocycles. The Hall–Kier alpha value is -3.47. The first-order valence-corrected chi connectivity index (χ1v) is 15.8. The Kier molecular flexibility index (Phi) is 11.1. The molecule has 1 fully saturated rings. The van der Waals surface area contributed by atoms with Gasteiger partial charge in [-0.3, -0.25) is 4.79 Å². The maximum absolute atomic E-state index is 13.7. The van der Waals surface area contributed by atoms with Crippen molar-refractivity contribution in [2.24, 2.45) is 0 Å². The number of halogens is 1. The average molecular weight is 641 g/mol. The predicted octanol–water partition coefficient (Wildman–Crippen LogP) is 4.51. The van der Waals surface area contributed by atoms with E-state index in [-0.39, 0.29) is 23.3 Å². The molecule has 216 valence electrons. The number of sulfone groups is 1. The molecule has 8 nitrogen and oxygen atoms in total. The number of ether oxygens (including phenoxy) is 1. The van der Waals surface area contributed by atoms with Crippen LogP contribution in [-0.4, -0.2) is 63.6 Å². The molecular weight excluding hydrogens is 606 g/mol. The van der Waals surface area contributed by atoms with Gasteiger partial charge in [-0.05, 0) is 48.2 Å². The minimum atomic E-state index is -3.73. The first kappa shape index (κ1) is 30.5. The molecule has 0 bridgehead atoms. The molecule has 0 aliphatic carbocycles. The van der Waals surface area contributed by atoms with E-state index in [0.29, 0.717) is 39.1 Å². The van der Waals surface area contributed by atoms with Crippen molar-refractivity contribution in [1.29, 1.82) is 0 Å². The fraction of sp³-hybridized carbons (Fsp3) is 0.290. The number of aryl methyl sites for hydroxylation is 1. The van der Waals surface area contributed by atoms with E-state index in [1.807, 2.05) is 60.7 Å². The summed E-state index contributed by atoms with van der Waals surface area (Å²) in [7, 11) is -3.73. The lowest BCUT2D eigenvalue weighted by Gasteiger charge is -2.29. The van der Waals surface area contributed by atoms with Crippen LogP contribution in [0, 0.1) is 0 Å². The molecule has 0 unspecified atom stereocenters. The summed E-state index contributed by atoms with van der Waals surface area (Å²) < 4.78 is 32.2. The summed E-state index contributed by atoms with van der Waals surface area (Å²) in [5.74, 6) is -0.390. The second kappa shape index (κ2) is 15.0. The third-order valence-electron chi connectivity index (χ3n) is 6.74. The summed E-state index contributed by atoms with van der Waals surface area (Å²) in [6, 6.07) is 23.8. The third-order valence-corrected chi connectivity index (χ3v) is 8.72. The van der Waals surface area contributed by atoms with Gasteiger partial charge in [-0.1, -0.05) is 82.7 Å². The zero-order chi connectivity index (χ0) is 29.1. The molecule has 0 radical (unpaired) electrons. The molecule has 4 rings (SSSR count).